The van der Waals surface area contributed by atoms with Gasteiger partial charge in [0.25, 0.3) is 5.89 Å². The van der Waals surface area contributed by atoms with Crippen molar-refractivity contribution >= 4 is 15.9 Å². The lowest BCUT2D eigenvalue weighted by Crippen LogP contribution is -2.20. The molecular formula is C13H15BrFN3O. The molecule has 102 valence electrons. The molecule has 0 saturated heterocycles. The summed E-state index contributed by atoms with van der Waals surface area (Å²) in [6.45, 7) is 4.84. The molecule has 0 aliphatic carbocycles. The lowest BCUT2D eigenvalue weighted by Gasteiger charge is -2.10. The van der Waals surface area contributed by atoms with Gasteiger partial charge in [0, 0.05) is 4.47 Å². The number of benzene rings is 1. The van der Waals surface area contributed by atoms with Gasteiger partial charge in [0.05, 0.1) is 11.6 Å². The van der Waals surface area contributed by atoms with Gasteiger partial charge in [-0.3, -0.25) is 0 Å². The number of rotatable bonds is 5. The lowest BCUT2D eigenvalue weighted by atomic mass is 10.2. The maximum atomic E-state index is 13.7. The third-order valence-corrected chi connectivity index (χ3v) is 3.25. The van der Waals surface area contributed by atoms with E-state index in [1.807, 2.05) is 13.8 Å². The molecule has 1 N–H and O–H groups in total. The van der Waals surface area contributed by atoms with Gasteiger partial charge in [0.15, 0.2) is 0 Å². The summed E-state index contributed by atoms with van der Waals surface area (Å²) < 4.78 is 20.1. The van der Waals surface area contributed by atoms with Crippen LogP contribution in [0.15, 0.2) is 27.1 Å². The van der Waals surface area contributed by atoms with Crippen molar-refractivity contribution in [3.05, 3.63) is 34.4 Å². The molecule has 0 saturated carbocycles. The molecule has 1 atom stereocenters. The Morgan fingerprint density at radius 2 is 2.16 bits per heavy atom. The topological polar surface area (TPSA) is 51.0 Å². The van der Waals surface area contributed by atoms with Crippen molar-refractivity contribution in [2.24, 2.45) is 0 Å². The maximum absolute atomic E-state index is 13.7. The average molecular weight is 328 g/mol. The lowest BCUT2D eigenvalue weighted by molar-refractivity contribution is 0.401. The molecule has 1 aromatic heterocycles. The second kappa shape index (κ2) is 6.25. The predicted octanol–water partition coefficient (Wildman–Crippen LogP) is 3.70. The number of nitrogens with one attached hydrogen (secondary N) is 1. The zero-order valence-corrected chi connectivity index (χ0v) is 12.4. The van der Waals surface area contributed by atoms with Crippen LogP contribution in [0.5, 0.6) is 0 Å². The van der Waals surface area contributed by atoms with Crippen LogP contribution in [-0.4, -0.2) is 16.7 Å². The fourth-order valence-electron chi connectivity index (χ4n) is 1.80. The summed E-state index contributed by atoms with van der Waals surface area (Å²) in [4.78, 5) is 0. The second-order valence-corrected chi connectivity index (χ2v) is 5.00. The molecule has 1 aromatic carbocycles. The highest BCUT2D eigenvalue weighted by Crippen LogP contribution is 2.27. The van der Waals surface area contributed by atoms with Gasteiger partial charge in [-0.1, -0.05) is 29.8 Å². The van der Waals surface area contributed by atoms with E-state index in [1.54, 1.807) is 12.1 Å². The molecule has 0 radical (unpaired) electrons. The van der Waals surface area contributed by atoms with Crippen LogP contribution in [0, 0.1) is 5.82 Å². The smallest absolute Gasteiger partial charge is 0.250 e. The Bertz CT molecular complexity index is 559. The summed E-state index contributed by atoms with van der Waals surface area (Å²) >= 11 is 3.30. The first-order valence-corrected chi connectivity index (χ1v) is 6.97. The molecule has 0 bridgehead atoms. The molecule has 2 aromatic rings. The first kappa shape index (κ1) is 14.1. The second-order valence-electron chi connectivity index (χ2n) is 4.09. The molecule has 6 heteroatoms. The minimum Gasteiger partial charge on any atom is -0.419 e. The van der Waals surface area contributed by atoms with E-state index in [9.17, 15) is 4.39 Å². The van der Waals surface area contributed by atoms with Gasteiger partial charge in [-0.15, -0.1) is 10.2 Å². The number of hydrogen-bond acceptors (Lipinski definition) is 4. The van der Waals surface area contributed by atoms with E-state index in [0.29, 0.717) is 11.5 Å². The average Bonchev–Trinajstić information content (AvgIpc) is 2.88. The Labute approximate surface area is 119 Å². The highest BCUT2D eigenvalue weighted by molar-refractivity contribution is 9.10. The van der Waals surface area contributed by atoms with Crippen molar-refractivity contribution in [3.8, 4) is 11.5 Å². The van der Waals surface area contributed by atoms with E-state index in [-0.39, 0.29) is 17.7 Å². The number of halogens is 2. The molecule has 1 heterocycles. The summed E-state index contributed by atoms with van der Waals surface area (Å²) in [5.41, 5.74) is 0.305. The summed E-state index contributed by atoms with van der Waals surface area (Å²) in [6.07, 6.45) is 0.830. The van der Waals surface area contributed by atoms with Gasteiger partial charge < -0.3 is 9.73 Å². The van der Waals surface area contributed by atoms with Crippen molar-refractivity contribution in [2.75, 3.05) is 6.54 Å². The van der Waals surface area contributed by atoms with Crippen LogP contribution in [0.2, 0.25) is 0 Å². The van der Waals surface area contributed by atoms with E-state index in [2.05, 4.69) is 31.4 Å². The van der Waals surface area contributed by atoms with Crippen LogP contribution in [0.4, 0.5) is 4.39 Å². The Hall–Kier alpha value is -1.27. The molecule has 4 nitrogen and oxygen atoms in total. The fourth-order valence-corrected chi connectivity index (χ4v) is 2.16. The largest absolute Gasteiger partial charge is 0.419 e. The monoisotopic (exact) mass is 327 g/mol. The summed E-state index contributed by atoms with van der Waals surface area (Å²) in [5, 5.41) is 11.2. The Balaban J connectivity index is 2.32. The fraction of sp³-hybridized carbons (Fsp3) is 0.385. The Kier molecular flexibility index (Phi) is 4.66. The van der Waals surface area contributed by atoms with Crippen molar-refractivity contribution in [1.29, 1.82) is 0 Å². The molecule has 0 aliphatic rings. The van der Waals surface area contributed by atoms with E-state index in [0.717, 1.165) is 17.4 Å². The van der Waals surface area contributed by atoms with E-state index < -0.39 is 0 Å². The number of nitrogens with zero attached hydrogens (tertiary/aromatic N) is 2. The van der Waals surface area contributed by atoms with E-state index in [1.165, 1.54) is 6.07 Å². The maximum Gasteiger partial charge on any atom is 0.250 e. The van der Waals surface area contributed by atoms with Crippen LogP contribution < -0.4 is 5.32 Å². The first-order valence-electron chi connectivity index (χ1n) is 6.17. The van der Waals surface area contributed by atoms with Crippen LogP contribution in [-0.2, 0) is 0 Å². The zero-order valence-electron chi connectivity index (χ0n) is 10.8. The number of hydrogen-bond donors (Lipinski definition) is 1. The third kappa shape index (κ3) is 3.19. The first-order chi connectivity index (χ1) is 9.15. The Morgan fingerprint density at radius 3 is 2.84 bits per heavy atom. The SMILES string of the molecule is CCNC(CC)c1nnc(-c2cc(Br)ccc2F)o1. The normalized spacial score (nSPS) is 12.6. The van der Waals surface area contributed by atoms with Gasteiger partial charge in [-0.05, 0) is 31.2 Å². The van der Waals surface area contributed by atoms with Crippen molar-refractivity contribution < 1.29 is 8.81 Å². The highest BCUT2D eigenvalue weighted by Gasteiger charge is 2.18. The van der Waals surface area contributed by atoms with Crippen molar-refractivity contribution in [3.63, 3.8) is 0 Å². The van der Waals surface area contributed by atoms with Crippen LogP contribution in [0.3, 0.4) is 0 Å². The number of aromatic nitrogens is 2. The molecule has 0 spiro atoms. The van der Waals surface area contributed by atoms with Gasteiger partial charge >= 0.3 is 0 Å². The van der Waals surface area contributed by atoms with Gasteiger partial charge in [0.2, 0.25) is 5.89 Å². The van der Waals surface area contributed by atoms with Crippen molar-refractivity contribution in [1.82, 2.24) is 15.5 Å². The molecular weight excluding hydrogens is 313 g/mol. The molecule has 2 rings (SSSR count). The summed E-state index contributed by atoms with van der Waals surface area (Å²) in [5.74, 6) is 0.304. The standard InChI is InChI=1S/C13H15BrFN3O/c1-3-11(16-4-2)13-18-17-12(19-13)9-7-8(14)5-6-10(9)15/h5-7,11,16H,3-4H2,1-2H3. The molecule has 19 heavy (non-hydrogen) atoms. The summed E-state index contributed by atoms with van der Waals surface area (Å²) in [7, 11) is 0. The zero-order chi connectivity index (χ0) is 13.8. The van der Waals surface area contributed by atoms with Crippen LogP contribution in [0.25, 0.3) is 11.5 Å². The highest BCUT2D eigenvalue weighted by atomic mass is 79.9. The molecule has 0 fully saturated rings. The minimum atomic E-state index is -0.380. The van der Waals surface area contributed by atoms with E-state index in [4.69, 9.17) is 4.42 Å². The van der Waals surface area contributed by atoms with Crippen molar-refractivity contribution in [2.45, 2.75) is 26.3 Å². The predicted molar refractivity (Wildman–Crippen MR) is 74.1 cm³/mol. The third-order valence-electron chi connectivity index (χ3n) is 2.76. The van der Waals surface area contributed by atoms with E-state index >= 15 is 0 Å². The molecule has 1 unspecified atom stereocenters. The quantitative estimate of drug-likeness (QED) is 0.909. The van der Waals surface area contributed by atoms with Crippen LogP contribution in [0.1, 0.15) is 32.2 Å². The minimum absolute atomic E-state index is 0.00136. The molecule has 0 amide bonds. The Morgan fingerprint density at radius 1 is 1.37 bits per heavy atom. The summed E-state index contributed by atoms with van der Waals surface area (Å²) in [6, 6.07) is 4.62. The van der Waals surface area contributed by atoms with Crippen LogP contribution >= 0.6 is 15.9 Å². The van der Waals surface area contributed by atoms with Gasteiger partial charge in [-0.25, -0.2) is 4.39 Å². The van der Waals surface area contributed by atoms with Gasteiger partial charge in [-0.2, -0.15) is 0 Å². The van der Waals surface area contributed by atoms with Gasteiger partial charge in [0.1, 0.15) is 5.82 Å². The molecule has 0 aliphatic heterocycles.